The van der Waals surface area contributed by atoms with Crippen LogP contribution in [0.4, 0.5) is 0 Å². The van der Waals surface area contributed by atoms with E-state index in [1.54, 1.807) is 12.4 Å². The Bertz CT molecular complexity index is 614. The van der Waals surface area contributed by atoms with Gasteiger partial charge in [-0.3, -0.25) is 14.6 Å². The average Bonchev–Trinajstić information content (AvgIpc) is 3.01. The molecule has 0 radical (unpaired) electrons. The van der Waals surface area contributed by atoms with Crippen LogP contribution < -0.4 is 10.6 Å². The predicted molar refractivity (Wildman–Crippen MR) is 86.3 cm³/mol. The number of thiophene rings is 1. The Kier molecular flexibility index (Phi) is 5.66. The van der Waals surface area contributed by atoms with Crippen molar-refractivity contribution in [1.29, 1.82) is 0 Å². The lowest BCUT2D eigenvalue weighted by molar-refractivity contribution is -0.123. The van der Waals surface area contributed by atoms with Crippen LogP contribution in [0.1, 0.15) is 42.8 Å². The average molecular weight is 317 g/mol. The highest BCUT2D eigenvalue weighted by atomic mass is 32.1. The van der Waals surface area contributed by atoms with Crippen molar-refractivity contribution < 1.29 is 9.59 Å². The number of carbonyl (C=O) groups is 2. The molecule has 2 aromatic rings. The Morgan fingerprint density at radius 1 is 1.27 bits per heavy atom. The van der Waals surface area contributed by atoms with Gasteiger partial charge in [-0.05, 0) is 30.0 Å². The quantitative estimate of drug-likeness (QED) is 0.860. The van der Waals surface area contributed by atoms with Gasteiger partial charge in [-0.15, -0.1) is 11.3 Å². The molecule has 116 valence electrons. The van der Waals surface area contributed by atoms with E-state index in [0.29, 0.717) is 0 Å². The first kappa shape index (κ1) is 16.2. The second-order valence-electron chi connectivity index (χ2n) is 5.05. The summed E-state index contributed by atoms with van der Waals surface area (Å²) in [6.07, 6.45) is 3.64. The minimum atomic E-state index is -0.293. The number of rotatable bonds is 6. The van der Waals surface area contributed by atoms with Crippen LogP contribution in [0.5, 0.6) is 0 Å². The van der Waals surface area contributed by atoms with Crippen LogP contribution in [-0.4, -0.2) is 16.8 Å². The maximum atomic E-state index is 12.2. The van der Waals surface area contributed by atoms with Gasteiger partial charge in [0.25, 0.3) is 0 Å². The molecule has 0 aliphatic carbocycles. The van der Waals surface area contributed by atoms with E-state index in [4.69, 9.17) is 0 Å². The fourth-order valence-corrected chi connectivity index (χ4v) is 2.94. The molecule has 0 aliphatic rings. The molecule has 0 saturated carbocycles. The number of hydrogen-bond acceptors (Lipinski definition) is 4. The molecule has 2 amide bonds. The third-order valence-electron chi connectivity index (χ3n) is 3.22. The summed E-state index contributed by atoms with van der Waals surface area (Å²) >= 11 is 1.53. The molecule has 2 heterocycles. The van der Waals surface area contributed by atoms with Gasteiger partial charge in [-0.1, -0.05) is 12.1 Å². The van der Waals surface area contributed by atoms with Gasteiger partial charge in [0.15, 0.2) is 0 Å². The molecule has 0 fully saturated rings. The maximum absolute atomic E-state index is 12.2. The van der Waals surface area contributed by atoms with Crippen molar-refractivity contribution in [3.05, 3.63) is 52.5 Å². The lowest BCUT2D eigenvalue weighted by atomic mass is 10.1. The zero-order chi connectivity index (χ0) is 15.9. The summed E-state index contributed by atoms with van der Waals surface area (Å²) in [5, 5.41) is 7.69. The molecule has 2 N–H and O–H groups in total. The molecule has 22 heavy (non-hydrogen) atoms. The minimum Gasteiger partial charge on any atom is -0.349 e. The van der Waals surface area contributed by atoms with Crippen LogP contribution in [-0.2, 0) is 9.59 Å². The molecule has 0 aliphatic heterocycles. The summed E-state index contributed by atoms with van der Waals surface area (Å²) in [4.78, 5) is 28.6. The van der Waals surface area contributed by atoms with Gasteiger partial charge in [0, 0.05) is 24.2 Å². The monoisotopic (exact) mass is 317 g/mol. The molecular formula is C16H19N3O2S. The summed E-state index contributed by atoms with van der Waals surface area (Å²) in [5.74, 6) is -0.255. The van der Waals surface area contributed by atoms with Crippen LogP contribution in [0.3, 0.4) is 0 Å². The minimum absolute atomic E-state index is 0.108. The normalized spacial score (nSPS) is 13.2. The van der Waals surface area contributed by atoms with Gasteiger partial charge in [0.1, 0.15) is 0 Å². The summed E-state index contributed by atoms with van der Waals surface area (Å²) in [5.41, 5.74) is 0.947. The zero-order valence-corrected chi connectivity index (χ0v) is 13.4. The first-order valence-corrected chi connectivity index (χ1v) is 7.94. The second kappa shape index (κ2) is 7.70. The first-order chi connectivity index (χ1) is 10.6. The van der Waals surface area contributed by atoms with Gasteiger partial charge in [0.2, 0.25) is 11.8 Å². The van der Waals surface area contributed by atoms with E-state index in [1.165, 1.54) is 18.3 Å². The van der Waals surface area contributed by atoms with Crippen LogP contribution in [0, 0.1) is 0 Å². The van der Waals surface area contributed by atoms with Crippen LogP contribution in [0.25, 0.3) is 0 Å². The summed E-state index contributed by atoms with van der Waals surface area (Å²) in [7, 11) is 0. The highest BCUT2D eigenvalue weighted by Gasteiger charge is 2.19. The third-order valence-corrected chi connectivity index (χ3v) is 4.20. The molecule has 0 bridgehead atoms. The summed E-state index contributed by atoms with van der Waals surface area (Å²) in [6, 6.07) is 7.17. The number of carbonyl (C=O) groups excluding carboxylic acids is 2. The van der Waals surface area contributed by atoms with E-state index < -0.39 is 0 Å². The molecule has 0 spiro atoms. The van der Waals surface area contributed by atoms with E-state index >= 15 is 0 Å². The number of nitrogens with one attached hydrogen (secondary N) is 2. The molecule has 5 nitrogen and oxygen atoms in total. The molecule has 2 rings (SSSR count). The third kappa shape index (κ3) is 4.66. The number of nitrogens with zero attached hydrogens (tertiary/aromatic N) is 1. The van der Waals surface area contributed by atoms with Crippen LogP contribution in [0.15, 0.2) is 42.0 Å². The lowest BCUT2D eigenvalue weighted by Crippen LogP contribution is -2.33. The number of aromatic nitrogens is 1. The maximum Gasteiger partial charge on any atom is 0.222 e. The van der Waals surface area contributed by atoms with Gasteiger partial charge >= 0.3 is 0 Å². The molecule has 6 heteroatoms. The standard InChI is InChI=1S/C16H19N3O2S/c1-11(13-5-3-7-17-10-13)18-16(21)9-14(19-12(2)20)15-6-4-8-22-15/h3-8,10-11,14H,9H2,1-2H3,(H,18,21)(H,19,20)/t11-,14+/m0/s1. The smallest absolute Gasteiger partial charge is 0.222 e. The summed E-state index contributed by atoms with van der Waals surface area (Å²) in [6.45, 7) is 3.37. The predicted octanol–water partition coefficient (Wildman–Crippen LogP) is 2.59. The lowest BCUT2D eigenvalue weighted by Gasteiger charge is -2.19. The van der Waals surface area contributed by atoms with Crippen LogP contribution >= 0.6 is 11.3 Å². The largest absolute Gasteiger partial charge is 0.349 e. The van der Waals surface area contributed by atoms with E-state index in [9.17, 15) is 9.59 Å². The van der Waals surface area contributed by atoms with Crippen molar-refractivity contribution >= 4 is 23.2 Å². The second-order valence-corrected chi connectivity index (χ2v) is 6.03. The van der Waals surface area contributed by atoms with Crippen molar-refractivity contribution in [2.24, 2.45) is 0 Å². The number of hydrogen-bond donors (Lipinski definition) is 2. The van der Waals surface area contributed by atoms with Gasteiger partial charge in [-0.2, -0.15) is 0 Å². The highest BCUT2D eigenvalue weighted by molar-refractivity contribution is 7.10. The van der Waals surface area contributed by atoms with E-state index in [1.807, 2.05) is 36.6 Å². The number of amides is 2. The van der Waals surface area contributed by atoms with E-state index in [2.05, 4.69) is 15.6 Å². The Morgan fingerprint density at radius 2 is 2.09 bits per heavy atom. The van der Waals surface area contributed by atoms with Gasteiger partial charge in [0.05, 0.1) is 18.5 Å². The highest BCUT2D eigenvalue weighted by Crippen LogP contribution is 2.22. The van der Waals surface area contributed by atoms with Crippen LogP contribution in [0.2, 0.25) is 0 Å². The van der Waals surface area contributed by atoms with E-state index in [0.717, 1.165) is 10.4 Å². The van der Waals surface area contributed by atoms with Crippen molar-refractivity contribution in [3.8, 4) is 0 Å². The van der Waals surface area contributed by atoms with Crippen molar-refractivity contribution in [2.45, 2.75) is 32.4 Å². The molecule has 2 atom stereocenters. The Hall–Kier alpha value is -2.21. The van der Waals surface area contributed by atoms with Crippen molar-refractivity contribution in [3.63, 3.8) is 0 Å². The van der Waals surface area contributed by atoms with Gasteiger partial charge < -0.3 is 10.6 Å². The zero-order valence-electron chi connectivity index (χ0n) is 12.6. The Balaban J connectivity index is 1.98. The molecule has 0 unspecified atom stereocenters. The Morgan fingerprint density at radius 3 is 2.68 bits per heavy atom. The molecule has 0 aromatic carbocycles. The van der Waals surface area contributed by atoms with Crippen molar-refractivity contribution in [1.82, 2.24) is 15.6 Å². The Labute approximate surface area is 133 Å². The molecule has 0 saturated heterocycles. The molecule has 2 aromatic heterocycles. The SMILES string of the molecule is CC(=O)N[C@H](CC(=O)N[C@@H](C)c1cccnc1)c1cccs1. The van der Waals surface area contributed by atoms with Crippen molar-refractivity contribution in [2.75, 3.05) is 0 Å². The summed E-state index contributed by atoms with van der Waals surface area (Å²) < 4.78 is 0. The fraction of sp³-hybridized carbons (Fsp3) is 0.312. The number of pyridine rings is 1. The van der Waals surface area contributed by atoms with Gasteiger partial charge in [-0.25, -0.2) is 0 Å². The first-order valence-electron chi connectivity index (χ1n) is 7.06. The topological polar surface area (TPSA) is 71.1 Å². The van der Waals surface area contributed by atoms with E-state index in [-0.39, 0.29) is 30.3 Å². The molecular weight excluding hydrogens is 298 g/mol. The fourth-order valence-electron chi connectivity index (χ4n) is 2.16.